The van der Waals surface area contributed by atoms with Crippen molar-refractivity contribution < 1.29 is 9.84 Å². The van der Waals surface area contributed by atoms with Gasteiger partial charge in [0, 0.05) is 17.5 Å². The van der Waals surface area contributed by atoms with E-state index in [4.69, 9.17) is 4.74 Å². The Morgan fingerprint density at radius 2 is 2.13 bits per heavy atom. The van der Waals surface area contributed by atoms with Crippen molar-refractivity contribution in [1.29, 1.82) is 0 Å². The molecule has 1 aromatic heterocycles. The van der Waals surface area contributed by atoms with E-state index in [1.165, 1.54) is 0 Å². The molecule has 125 valence electrons. The van der Waals surface area contributed by atoms with Crippen molar-refractivity contribution >= 4 is 0 Å². The van der Waals surface area contributed by atoms with Crippen LogP contribution in [0.5, 0.6) is 11.5 Å². The number of benzene rings is 1. The SMILES string of the molecule is CCc1c[c]c(O)cc1OCCCCCC(C)(C)c1nnn[nH]1. The molecule has 0 aliphatic carbocycles. The Morgan fingerprint density at radius 3 is 2.83 bits per heavy atom. The smallest absolute Gasteiger partial charge is 0.154 e. The number of rotatable bonds is 9. The summed E-state index contributed by atoms with van der Waals surface area (Å²) in [5, 5.41) is 23.6. The van der Waals surface area contributed by atoms with Crippen LogP contribution >= 0.6 is 0 Å². The molecule has 0 aliphatic heterocycles. The zero-order chi connectivity index (χ0) is 16.7. The van der Waals surface area contributed by atoms with Crippen molar-refractivity contribution in [3.8, 4) is 11.5 Å². The number of aromatic nitrogens is 4. The van der Waals surface area contributed by atoms with Crippen LogP contribution in [-0.2, 0) is 11.8 Å². The average molecular weight is 317 g/mol. The van der Waals surface area contributed by atoms with Gasteiger partial charge in [0.2, 0.25) is 0 Å². The van der Waals surface area contributed by atoms with E-state index in [0.29, 0.717) is 6.61 Å². The molecule has 0 amide bonds. The molecule has 0 saturated heterocycles. The summed E-state index contributed by atoms with van der Waals surface area (Å²) in [5.74, 6) is 1.72. The summed E-state index contributed by atoms with van der Waals surface area (Å²) >= 11 is 0. The van der Waals surface area contributed by atoms with Crippen LogP contribution in [0.1, 0.15) is 57.8 Å². The minimum atomic E-state index is -0.0409. The molecule has 2 aromatic rings. The third-order valence-electron chi connectivity index (χ3n) is 4.05. The highest BCUT2D eigenvalue weighted by Crippen LogP contribution is 2.26. The summed E-state index contributed by atoms with van der Waals surface area (Å²) in [5.41, 5.74) is 1.03. The fraction of sp³-hybridized carbons (Fsp3) is 0.588. The van der Waals surface area contributed by atoms with E-state index in [2.05, 4.69) is 47.5 Å². The normalized spacial score (nSPS) is 11.6. The van der Waals surface area contributed by atoms with Gasteiger partial charge in [-0.25, -0.2) is 5.10 Å². The Morgan fingerprint density at radius 1 is 1.30 bits per heavy atom. The van der Waals surface area contributed by atoms with Crippen LogP contribution in [0, 0.1) is 6.07 Å². The van der Waals surface area contributed by atoms with E-state index in [-0.39, 0.29) is 11.2 Å². The second-order valence-corrected chi connectivity index (χ2v) is 6.35. The Kier molecular flexibility index (Phi) is 5.96. The number of aryl methyl sites for hydroxylation is 1. The number of nitrogens with one attached hydrogen (secondary N) is 1. The summed E-state index contributed by atoms with van der Waals surface area (Å²) in [4.78, 5) is 0. The average Bonchev–Trinajstić information content (AvgIpc) is 3.06. The molecular formula is C17H25N4O2. The Balaban J connectivity index is 1.69. The van der Waals surface area contributed by atoms with Crippen LogP contribution in [0.2, 0.25) is 0 Å². The monoisotopic (exact) mass is 317 g/mol. The molecule has 6 heteroatoms. The number of aromatic amines is 1. The lowest BCUT2D eigenvalue weighted by Gasteiger charge is -2.20. The number of hydrogen-bond acceptors (Lipinski definition) is 5. The van der Waals surface area contributed by atoms with E-state index in [9.17, 15) is 5.11 Å². The van der Waals surface area contributed by atoms with Gasteiger partial charge < -0.3 is 9.84 Å². The number of tetrazole rings is 1. The first-order valence-corrected chi connectivity index (χ1v) is 8.13. The van der Waals surface area contributed by atoms with E-state index in [0.717, 1.165) is 49.2 Å². The number of H-pyrrole nitrogens is 1. The highest BCUT2D eigenvalue weighted by atomic mass is 16.5. The van der Waals surface area contributed by atoms with Gasteiger partial charge in [0.05, 0.1) is 6.61 Å². The van der Waals surface area contributed by atoms with Gasteiger partial charge in [-0.05, 0) is 41.3 Å². The van der Waals surface area contributed by atoms with Crippen molar-refractivity contribution in [3.63, 3.8) is 0 Å². The topological polar surface area (TPSA) is 83.9 Å². The first kappa shape index (κ1) is 17.2. The number of nitrogens with zero attached hydrogens (tertiary/aromatic N) is 3. The lowest BCUT2D eigenvalue weighted by Crippen LogP contribution is -2.19. The van der Waals surface area contributed by atoms with Crippen molar-refractivity contribution in [3.05, 3.63) is 29.6 Å². The Labute approximate surface area is 137 Å². The Hall–Kier alpha value is -2.11. The summed E-state index contributed by atoms with van der Waals surface area (Å²) < 4.78 is 5.79. The van der Waals surface area contributed by atoms with Crippen LogP contribution in [0.15, 0.2) is 12.1 Å². The predicted molar refractivity (Wildman–Crippen MR) is 87.5 cm³/mol. The maximum Gasteiger partial charge on any atom is 0.154 e. The van der Waals surface area contributed by atoms with Gasteiger partial charge >= 0.3 is 0 Å². The highest BCUT2D eigenvalue weighted by molar-refractivity contribution is 5.39. The number of ether oxygens (including phenoxy) is 1. The van der Waals surface area contributed by atoms with Gasteiger partial charge in [0.25, 0.3) is 0 Å². The predicted octanol–water partition coefficient (Wildman–Crippen LogP) is 3.18. The van der Waals surface area contributed by atoms with Gasteiger partial charge in [-0.3, -0.25) is 0 Å². The summed E-state index contributed by atoms with van der Waals surface area (Å²) in [6.45, 7) is 7.00. The molecule has 0 fully saturated rings. The molecule has 0 spiro atoms. The van der Waals surface area contributed by atoms with Crippen LogP contribution in [0.3, 0.4) is 0 Å². The first-order chi connectivity index (χ1) is 11.0. The highest BCUT2D eigenvalue weighted by Gasteiger charge is 2.23. The standard InChI is InChI=1S/C17H25N4O2/c1-4-13-8-9-14(22)12-15(13)23-11-7-5-6-10-17(2,3)16-18-20-21-19-16/h8,12,22H,4-7,10-11H2,1-3H3,(H,18,19,20,21). The molecule has 0 bridgehead atoms. The maximum absolute atomic E-state index is 9.50. The van der Waals surface area contributed by atoms with Crippen molar-refractivity contribution in [2.45, 2.75) is 58.3 Å². The van der Waals surface area contributed by atoms with Gasteiger partial charge in [-0.1, -0.05) is 33.6 Å². The molecule has 0 saturated carbocycles. The van der Waals surface area contributed by atoms with Crippen LogP contribution in [-0.4, -0.2) is 32.3 Å². The molecule has 0 aliphatic rings. The lowest BCUT2D eigenvalue weighted by atomic mass is 9.86. The van der Waals surface area contributed by atoms with Gasteiger partial charge in [0.15, 0.2) is 5.82 Å². The molecule has 23 heavy (non-hydrogen) atoms. The fourth-order valence-corrected chi connectivity index (χ4v) is 2.49. The number of aromatic hydroxyl groups is 1. The quantitative estimate of drug-likeness (QED) is 0.694. The number of hydrogen-bond donors (Lipinski definition) is 2. The zero-order valence-corrected chi connectivity index (χ0v) is 14.1. The summed E-state index contributed by atoms with van der Waals surface area (Å²) in [7, 11) is 0. The van der Waals surface area contributed by atoms with E-state index >= 15 is 0 Å². The molecule has 1 heterocycles. The zero-order valence-electron chi connectivity index (χ0n) is 14.1. The summed E-state index contributed by atoms with van der Waals surface area (Å²) in [6, 6.07) is 6.22. The van der Waals surface area contributed by atoms with E-state index < -0.39 is 0 Å². The second kappa shape index (κ2) is 7.94. The van der Waals surface area contributed by atoms with Crippen LogP contribution in [0.4, 0.5) is 0 Å². The third-order valence-corrected chi connectivity index (χ3v) is 4.05. The number of phenolic OH excluding ortho intramolecular Hbond substituents is 1. The maximum atomic E-state index is 9.50. The number of unbranched alkanes of at least 4 members (excludes halogenated alkanes) is 2. The third kappa shape index (κ3) is 4.94. The molecular weight excluding hydrogens is 292 g/mol. The second-order valence-electron chi connectivity index (χ2n) is 6.35. The molecule has 1 aromatic carbocycles. The number of phenols is 1. The molecule has 2 N–H and O–H groups in total. The largest absolute Gasteiger partial charge is 0.507 e. The molecule has 0 atom stereocenters. The fourth-order valence-electron chi connectivity index (χ4n) is 2.49. The lowest BCUT2D eigenvalue weighted by molar-refractivity contribution is 0.296. The van der Waals surface area contributed by atoms with E-state index in [1.807, 2.05) is 0 Å². The first-order valence-electron chi connectivity index (χ1n) is 8.13. The molecule has 2 rings (SSSR count). The van der Waals surface area contributed by atoms with Crippen LogP contribution < -0.4 is 4.74 Å². The van der Waals surface area contributed by atoms with Crippen LogP contribution in [0.25, 0.3) is 0 Å². The molecule has 6 nitrogen and oxygen atoms in total. The minimum absolute atomic E-state index is 0.0409. The van der Waals surface area contributed by atoms with E-state index in [1.54, 1.807) is 12.1 Å². The Bertz CT molecular complexity index is 597. The van der Waals surface area contributed by atoms with Gasteiger partial charge in [-0.2, -0.15) is 0 Å². The van der Waals surface area contributed by atoms with Gasteiger partial charge in [-0.15, -0.1) is 5.10 Å². The van der Waals surface area contributed by atoms with Crippen molar-refractivity contribution in [2.75, 3.05) is 6.61 Å². The molecule has 1 radical (unpaired) electrons. The minimum Gasteiger partial charge on any atom is -0.507 e. The van der Waals surface area contributed by atoms with Crippen molar-refractivity contribution in [2.24, 2.45) is 0 Å². The van der Waals surface area contributed by atoms with Gasteiger partial charge in [0.1, 0.15) is 11.5 Å². The summed E-state index contributed by atoms with van der Waals surface area (Å²) in [6.07, 6.45) is 5.03. The molecule has 0 unspecified atom stereocenters. The van der Waals surface area contributed by atoms with Crippen molar-refractivity contribution in [1.82, 2.24) is 20.6 Å².